The van der Waals surface area contributed by atoms with Crippen LogP contribution in [0.5, 0.6) is 0 Å². The van der Waals surface area contributed by atoms with Gasteiger partial charge < -0.3 is 0 Å². The maximum absolute atomic E-state index is 6.68. The third-order valence-electron chi connectivity index (χ3n) is 4.75. The molecular formula is C22H16Cl2Si-2. The molecule has 0 aliphatic rings. The van der Waals surface area contributed by atoms with Crippen LogP contribution >= 0.6 is 23.2 Å². The van der Waals surface area contributed by atoms with Crippen molar-refractivity contribution in [2.45, 2.75) is 0 Å². The van der Waals surface area contributed by atoms with Crippen LogP contribution in [0, 0.1) is 0 Å². The first-order valence-corrected chi connectivity index (χ1v) is 10.9. The van der Waals surface area contributed by atoms with E-state index in [1.54, 1.807) is 0 Å². The van der Waals surface area contributed by atoms with Gasteiger partial charge in [-0.25, -0.2) is 12.1 Å². The molecule has 0 atom stereocenters. The van der Waals surface area contributed by atoms with Crippen LogP contribution in [0.15, 0.2) is 97.1 Å². The fourth-order valence-electron chi connectivity index (χ4n) is 3.71. The summed E-state index contributed by atoms with van der Waals surface area (Å²) in [6.45, 7) is 0. The number of hydrogen-bond donors (Lipinski definition) is 0. The summed E-state index contributed by atoms with van der Waals surface area (Å²) in [5.41, 5.74) is 0. The predicted molar refractivity (Wildman–Crippen MR) is 111 cm³/mol. The van der Waals surface area contributed by atoms with E-state index in [9.17, 15) is 0 Å². The minimum absolute atomic E-state index is 0.802. The zero-order valence-corrected chi connectivity index (χ0v) is 16.0. The summed E-state index contributed by atoms with van der Waals surface area (Å²) in [7, 11) is -2.55. The van der Waals surface area contributed by atoms with Gasteiger partial charge >= 0.3 is 0 Å². The molecule has 0 amide bonds. The maximum atomic E-state index is 6.68. The van der Waals surface area contributed by atoms with E-state index in [-0.39, 0.29) is 0 Å². The van der Waals surface area contributed by atoms with E-state index in [1.807, 2.05) is 36.4 Å². The van der Waals surface area contributed by atoms with E-state index in [0.717, 1.165) is 10.0 Å². The number of halogens is 2. The molecule has 0 aliphatic carbocycles. The Balaban J connectivity index is 2.17. The molecule has 4 aromatic carbocycles. The fourth-order valence-corrected chi connectivity index (χ4v) is 9.66. The molecule has 4 rings (SSSR count). The van der Waals surface area contributed by atoms with Gasteiger partial charge in [0.25, 0.3) is 0 Å². The molecule has 0 fully saturated rings. The molecule has 4 aromatic rings. The van der Waals surface area contributed by atoms with Crippen molar-refractivity contribution < 1.29 is 0 Å². The largest absolute Gasteiger partial charge is 0.212 e. The normalized spacial score (nSPS) is 11.6. The monoisotopic (exact) mass is 378 g/mol. The van der Waals surface area contributed by atoms with E-state index >= 15 is 0 Å². The average molecular weight is 379 g/mol. The molecule has 0 unspecified atom stereocenters. The molecule has 25 heavy (non-hydrogen) atoms. The molecular weight excluding hydrogens is 363 g/mol. The molecule has 0 saturated heterocycles. The molecule has 0 nitrogen and oxygen atoms in total. The van der Waals surface area contributed by atoms with Crippen LogP contribution in [-0.4, -0.2) is 8.07 Å². The third kappa shape index (κ3) is 2.60. The lowest BCUT2D eigenvalue weighted by molar-refractivity contribution is 1.70. The lowest BCUT2D eigenvalue weighted by Crippen LogP contribution is -2.74. The lowest BCUT2D eigenvalue weighted by Gasteiger charge is -2.42. The van der Waals surface area contributed by atoms with Crippen LogP contribution in [0.1, 0.15) is 0 Å². The van der Waals surface area contributed by atoms with Gasteiger partial charge in [-0.3, -0.25) is 0 Å². The first kappa shape index (κ1) is 16.4. The second-order valence-electron chi connectivity index (χ2n) is 6.06. The van der Waals surface area contributed by atoms with E-state index in [2.05, 4.69) is 60.7 Å². The van der Waals surface area contributed by atoms with Gasteiger partial charge in [-0.15, -0.1) is 28.4 Å². The molecule has 0 N–H and O–H groups in total. The second-order valence-corrected chi connectivity index (χ2v) is 10.6. The van der Waals surface area contributed by atoms with Crippen LogP contribution in [0.2, 0.25) is 10.0 Å². The zero-order chi connectivity index (χ0) is 17.3. The molecule has 0 aromatic heterocycles. The highest BCUT2D eigenvalue weighted by Gasteiger charge is 2.34. The summed E-state index contributed by atoms with van der Waals surface area (Å²) in [6.07, 6.45) is 0. The molecule has 0 spiro atoms. The Morgan fingerprint density at radius 3 is 1.76 bits per heavy atom. The highest BCUT2D eigenvalue weighted by atomic mass is 35.5. The topological polar surface area (TPSA) is 0 Å². The van der Waals surface area contributed by atoms with Crippen molar-refractivity contribution in [1.82, 2.24) is 0 Å². The summed E-state index contributed by atoms with van der Waals surface area (Å²) in [5.74, 6) is 0. The zero-order valence-electron chi connectivity index (χ0n) is 13.5. The smallest absolute Gasteiger partial charge is 0.0573 e. The standard InChI is InChI=1S/C22H16Cl2Si/c23-19-13-7-15-21(19)25(17-9-3-1-4-10-17,18-11-5-2-6-12-18)22-16-8-14-20(22)24/h1-16H/q-2. The summed E-state index contributed by atoms with van der Waals surface area (Å²) in [4.78, 5) is 0. The van der Waals surface area contributed by atoms with Crippen molar-refractivity contribution in [1.29, 1.82) is 0 Å². The fraction of sp³-hybridized carbons (Fsp3) is 0. The van der Waals surface area contributed by atoms with Crippen LogP contribution in [0.4, 0.5) is 0 Å². The van der Waals surface area contributed by atoms with Crippen molar-refractivity contribution >= 4 is 52.0 Å². The Hall–Kier alpha value is -2.06. The van der Waals surface area contributed by atoms with Gasteiger partial charge in [-0.1, -0.05) is 81.1 Å². The highest BCUT2D eigenvalue weighted by molar-refractivity contribution is 7.21. The molecule has 0 heterocycles. The molecule has 0 saturated carbocycles. The SMILES string of the molecule is Clc1[cH-]ccc1[Si](c1ccccc1)(c1ccccc1)[c-]1cccc1Cl. The highest BCUT2D eigenvalue weighted by Crippen LogP contribution is 2.19. The molecule has 3 heteroatoms. The van der Waals surface area contributed by atoms with E-state index < -0.39 is 8.07 Å². The van der Waals surface area contributed by atoms with Crippen molar-refractivity contribution in [3.8, 4) is 0 Å². The maximum Gasteiger partial charge on any atom is 0.0573 e. The van der Waals surface area contributed by atoms with Gasteiger partial charge in [0, 0.05) is 0 Å². The van der Waals surface area contributed by atoms with Crippen molar-refractivity contribution in [3.05, 3.63) is 107 Å². The minimum Gasteiger partial charge on any atom is -0.212 e. The second kappa shape index (κ2) is 6.68. The first-order chi connectivity index (χ1) is 12.2. The lowest BCUT2D eigenvalue weighted by atomic mass is 10.4. The van der Waals surface area contributed by atoms with Crippen LogP contribution in [-0.2, 0) is 0 Å². The Morgan fingerprint density at radius 2 is 1.32 bits per heavy atom. The van der Waals surface area contributed by atoms with Gasteiger partial charge in [0.2, 0.25) is 0 Å². The van der Waals surface area contributed by atoms with Gasteiger partial charge in [0.15, 0.2) is 0 Å². The van der Waals surface area contributed by atoms with E-state index in [0.29, 0.717) is 0 Å². The quantitative estimate of drug-likeness (QED) is 0.374. The summed E-state index contributed by atoms with van der Waals surface area (Å²) in [6, 6.07) is 33.6. The summed E-state index contributed by atoms with van der Waals surface area (Å²) >= 11 is 13.4. The first-order valence-electron chi connectivity index (χ1n) is 8.19. The average Bonchev–Trinajstić information content (AvgIpc) is 3.28. The van der Waals surface area contributed by atoms with Crippen molar-refractivity contribution in [2.75, 3.05) is 0 Å². The summed E-state index contributed by atoms with van der Waals surface area (Å²) in [5, 5.41) is 6.53. The van der Waals surface area contributed by atoms with Crippen LogP contribution in [0.3, 0.4) is 0 Å². The van der Waals surface area contributed by atoms with Crippen molar-refractivity contribution in [3.63, 3.8) is 0 Å². The number of benzene rings is 2. The van der Waals surface area contributed by atoms with Crippen molar-refractivity contribution in [2.24, 2.45) is 0 Å². The Kier molecular flexibility index (Phi) is 4.39. The van der Waals surface area contributed by atoms with Gasteiger partial charge in [0.05, 0.1) is 8.07 Å². The Morgan fingerprint density at radius 1 is 0.720 bits per heavy atom. The predicted octanol–water partition coefficient (Wildman–Crippen LogP) is 3.81. The molecule has 0 aliphatic heterocycles. The minimum atomic E-state index is -2.55. The summed E-state index contributed by atoms with van der Waals surface area (Å²) < 4.78 is 0. The molecule has 0 bridgehead atoms. The third-order valence-corrected chi connectivity index (χ3v) is 10.6. The van der Waals surface area contributed by atoms with Crippen LogP contribution in [0.25, 0.3) is 0 Å². The van der Waals surface area contributed by atoms with E-state index in [1.165, 1.54) is 20.7 Å². The van der Waals surface area contributed by atoms with Gasteiger partial charge in [-0.2, -0.15) is 29.5 Å². The van der Waals surface area contributed by atoms with Gasteiger partial charge in [-0.05, 0) is 0 Å². The molecule has 124 valence electrons. The number of rotatable bonds is 4. The van der Waals surface area contributed by atoms with Crippen LogP contribution < -0.4 is 20.7 Å². The Bertz CT molecular complexity index is 886. The molecule has 0 radical (unpaired) electrons. The Labute approximate surface area is 159 Å². The van der Waals surface area contributed by atoms with Gasteiger partial charge in [0.1, 0.15) is 0 Å². The number of hydrogen-bond acceptors (Lipinski definition) is 0. The van der Waals surface area contributed by atoms with E-state index in [4.69, 9.17) is 23.2 Å².